The third-order valence-electron chi connectivity index (χ3n) is 3.83. The summed E-state index contributed by atoms with van der Waals surface area (Å²) in [5.41, 5.74) is 3.08. The molecular formula is C16H15N5O. The molecule has 0 aliphatic heterocycles. The van der Waals surface area contributed by atoms with Crippen LogP contribution >= 0.6 is 0 Å². The fourth-order valence-corrected chi connectivity index (χ4v) is 2.49. The topological polar surface area (TPSA) is 72.2 Å². The SMILES string of the molecule is Cc1ccn2ncc(C(=O)Nc3cc(C4CC4)ccn3)c2n1. The highest BCUT2D eigenvalue weighted by molar-refractivity contribution is 6.07. The van der Waals surface area contributed by atoms with Gasteiger partial charge in [0.1, 0.15) is 11.4 Å². The van der Waals surface area contributed by atoms with Crippen LogP contribution in [-0.2, 0) is 0 Å². The molecule has 3 aromatic rings. The fourth-order valence-electron chi connectivity index (χ4n) is 2.49. The Balaban J connectivity index is 1.63. The van der Waals surface area contributed by atoms with Crippen molar-refractivity contribution < 1.29 is 4.79 Å². The molecular weight excluding hydrogens is 278 g/mol. The Hall–Kier alpha value is -2.76. The number of carbonyl (C=O) groups excluding carboxylic acids is 1. The summed E-state index contributed by atoms with van der Waals surface area (Å²) in [5, 5.41) is 6.99. The minimum atomic E-state index is -0.242. The number of nitrogens with zero attached hydrogens (tertiary/aromatic N) is 4. The predicted octanol–water partition coefficient (Wildman–Crippen LogP) is 2.56. The molecule has 1 amide bonds. The fraction of sp³-hybridized carbons (Fsp3) is 0.250. The minimum Gasteiger partial charge on any atom is -0.306 e. The van der Waals surface area contributed by atoms with Crippen molar-refractivity contribution in [2.45, 2.75) is 25.7 Å². The highest BCUT2D eigenvalue weighted by Gasteiger charge is 2.24. The van der Waals surface area contributed by atoms with Gasteiger partial charge in [0, 0.05) is 18.1 Å². The highest BCUT2D eigenvalue weighted by Crippen LogP contribution is 2.40. The Morgan fingerprint density at radius 3 is 3.05 bits per heavy atom. The van der Waals surface area contributed by atoms with Crippen LogP contribution in [-0.4, -0.2) is 25.5 Å². The van der Waals surface area contributed by atoms with Gasteiger partial charge >= 0.3 is 0 Å². The zero-order chi connectivity index (χ0) is 15.1. The molecule has 6 heteroatoms. The van der Waals surface area contributed by atoms with Gasteiger partial charge in [-0.2, -0.15) is 5.10 Å². The predicted molar refractivity (Wildman–Crippen MR) is 81.9 cm³/mol. The number of rotatable bonds is 3. The Morgan fingerprint density at radius 2 is 2.23 bits per heavy atom. The second-order valence-corrected chi connectivity index (χ2v) is 5.60. The van der Waals surface area contributed by atoms with Crippen molar-refractivity contribution in [3.8, 4) is 0 Å². The molecule has 3 heterocycles. The number of anilines is 1. The summed E-state index contributed by atoms with van der Waals surface area (Å²) in [6.45, 7) is 1.88. The standard InChI is InChI=1S/C16H15N5O/c1-10-5-7-21-15(19-10)13(9-18-21)16(22)20-14-8-12(4-6-17-14)11-2-3-11/h4-9,11H,2-3H2,1H3,(H,17,20,22). The van der Waals surface area contributed by atoms with Gasteiger partial charge in [0.25, 0.3) is 5.91 Å². The summed E-state index contributed by atoms with van der Waals surface area (Å²) in [6.07, 6.45) is 7.49. The monoisotopic (exact) mass is 293 g/mol. The molecule has 3 aromatic heterocycles. The van der Waals surface area contributed by atoms with Crippen molar-refractivity contribution in [3.05, 3.63) is 53.6 Å². The maximum Gasteiger partial charge on any atom is 0.262 e. The second-order valence-electron chi connectivity index (χ2n) is 5.60. The van der Waals surface area contributed by atoms with Gasteiger partial charge in [-0.15, -0.1) is 0 Å². The van der Waals surface area contributed by atoms with Crippen molar-refractivity contribution in [3.63, 3.8) is 0 Å². The molecule has 1 N–H and O–H groups in total. The van der Waals surface area contributed by atoms with E-state index in [0.29, 0.717) is 22.9 Å². The van der Waals surface area contributed by atoms with Crippen LogP contribution in [0, 0.1) is 6.92 Å². The number of carbonyl (C=O) groups is 1. The van der Waals surface area contributed by atoms with Crippen LogP contribution in [0.5, 0.6) is 0 Å². The average Bonchev–Trinajstić information content (AvgIpc) is 3.28. The van der Waals surface area contributed by atoms with Gasteiger partial charge in [-0.1, -0.05) is 0 Å². The Morgan fingerprint density at radius 1 is 1.36 bits per heavy atom. The molecule has 0 radical (unpaired) electrons. The number of amides is 1. The van der Waals surface area contributed by atoms with Crippen molar-refractivity contribution >= 4 is 17.4 Å². The number of fused-ring (bicyclic) bond motifs is 1. The first kappa shape index (κ1) is 12.9. The van der Waals surface area contributed by atoms with Crippen LogP contribution in [0.3, 0.4) is 0 Å². The van der Waals surface area contributed by atoms with E-state index in [1.807, 2.05) is 25.1 Å². The van der Waals surface area contributed by atoms with E-state index in [4.69, 9.17) is 0 Å². The average molecular weight is 293 g/mol. The maximum absolute atomic E-state index is 12.5. The minimum absolute atomic E-state index is 0.242. The van der Waals surface area contributed by atoms with Crippen LogP contribution < -0.4 is 5.32 Å². The van der Waals surface area contributed by atoms with E-state index in [0.717, 1.165) is 5.69 Å². The molecule has 6 nitrogen and oxygen atoms in total. The van der Waals surface area contributed by atoms with Crippen molar-refractivity contribution in [2.24, 2.45) is 0 Å². The molecule has 0 atom stereocenters. The highest BCUT2D eigenvalue weighted by atomic mass is 16.1. The number of nitrogens with one attached hydrogen (secondary N) is 1. The van der Waals surface area contributed by atoms with Crippen molar-refractivity contribution in [2.75, 3.05) is 5.32 Å². The van der Waals surface area contributed by atoms with Crippen molar-refractivity contribution in [1.29, 1.82) is 0 Å². The van der Waals surface area contributed by atoms with Gasteiger partial charge in [-0.3, -0.25) is 4.79 Å². The quantitative estimate of drug-likeness (QED) is 0.805. The summed E-state index contributed by atoms with van der Waals surface area (Å²) in [7, 11) is 0. The summed E-state index contributed by atoms with van der Waals surface area (Å²) >= 11 is 0. The molecule has 1 fully saturated rings. The molecule has 1 saturated carbocycles. The Kier molecular flexibility index (Phi) is 2.89. The number of hydrogen-bond donors (Lipinski definition) is 1. The molecule has 22 heavy (non-hydrogen) atoms. The zero-order valence-corrected chi connectivity index (χ0v) is 12.2. The normalized spacial score (nSPS) is 14.2. The van der Waals surface area contributed by atoms with Crippen LogP contribution in [0.2, 0.25) is 0 Å². The van der Waals surface area contributed by atoms with Crippen LogP contribution in [0.1, 0.15) is 40.4 Å². The third kappa shape index (κ3) is 2.32. The van der Waals surface area contributed by atoms with Gasteiger partial charge < -0.3 is 5.32 Å². The molecule has 0 spiro atoms. The zero-order valence-electron chi connectivity index (χ0n) is 12.2. The largest absolute Gasteiger partial charge is 0.306 e. The molecule has 4 rings (SSSR count). The maximum atomic E-state index is 12.5. The molecule has 0 aromatic carbocycles. The molecule has 0 bridgehead atoms. The van der Waals surface area contributed by atoms with Gasteiger partial charge in [-0.25, -0.2) is 14.5 Å². The number of aryl methyl sites for hydroxylation is 1. The first-order valence-corrected chi connectivity index (χ1v) is 7.29. The summed E-state index contributed by atoms with van der Waals surface area (Å²) in [5.74, 6) is 0.954. The van der Waals surface area contributed by atoms with Gasteiger partial charge in [0.2, 0.25) is 0 Å². The van der Waals surface area contributed by atoms with Gasteiger partial charge in [-0.05, 0) is 49.4 Å². The van der Waals surface area contributed by atoms with Crippen LogP contribution in [0.15, 0.2) is 36.8 Å². The smallest absolute Gasteiger partial charge is 0.262 e. The summed E-state index contributed by atoms with van der Waals surface area (Å²) in [6, 6.07) is 5.80. The van der Waals surface area contributed by atoms with E-state index in [1.54, 1.807) is 16.9 Å². The van der Waals surface area contributed by atoms with Crippen LogP contribution in [0.4, 0.5) is 5.82 Å². The van der Waals surface area contributed by atoms with E-state index in [1.165, 1.54) is 24.6 Å². The molecule has 0 saturated heterocycles. The lowest BCUT2D eigenvalue weighted by atomic mass is 10.2. The van der Waals surface area contributed by atoms with E-state index >= 15 is 0 Å². The second kappa shape index (κ2) is 4.91. The number of aromatic nitrogens is 4. The van der Waals surface area contributed by atoms with Crippen LogP contribution in [0.25, 0.3) is 5.65 Å². The summed E-state index contributed by atoms with van der Waals surface area (Å²) < 4.78 is 1.59. The molecule has 1 aliphatic carbocycles. The molecule has 0 unspecified atom stereocenters. The van der Waals surface area contributed by atoms with E-state index in [2.05, 4.69) is 20.4 Å². The lowest BCUT2D eigenvalue weighted by Gasteiger charge is -2.05. The van der Waals surface area contributed by atoms with Gasteiger partial charge in [0.05, 0.1) is 6.20 Å². The molecule has 110 valence electrons. The number of pyridine rings is 1. The van der Waals surface area contributed by atoms with E-state index in [9.17, 15) is 4.79 Å². The lowest BCUT2D eigenvalue weighted by molar-refractivity contribution is 0.102. The first-order chi connectivity index (χ1) is 10.7. The first-order valence-electron chi connectivity index (χ1n) is 7.29. The lowest BCUT2D eigenvalue weighted by Crippen LogP contribution is -2.13. The molecule has 1 aliphatic rings. The third-order valence-corrected chi connectivity index (χ3v) is 3.83. The summed E-state index contributed by atoms with van der Waals surface area (Å²) in [4.78, 5) is 21.0. The Bertz CT molecular complexity index is 866. The van der Waals surface area contributed by atoms with Gasteiger partial charge in [0.15, 0.2) is 5.65 Å². The van der Waals surface area contributed by atoms with Crippen molar-refractivity contribution in [1.82, 2.24) is 19.6 Å². The number of hydrogen-bond acceptors (Lipinski definition) is 4. The van der Waals surface area contributed by atoms with E-state index in [-0.39, 0.29) is 5.91 Å². The van der Waals surface area contributed by atoms with E-state index < -0.39 is 0 Å². The Labute approximate surface area is 127 Å².